The summed E-state index contributed by atoms with van der Waals surface area (Å²) in [7, 11) is 1.94. The van der Waals surface area contributed by atoms with Crippen LogP contribution in [0.3, 0.4) is 0 Å². The highest BCUT2D eigenvalue weighted by atomic mass is 19.1. The van der Waals surface area contributed by atoms with Crippen molar-refractivity contribution in [2.75, 3.05) is 6.54 Å². The lowest BCUT2D eigenvalue weighted by Gasteiger charge is -2.10. The molecular weight excluding hydrogens is 349 g/mol. The van der Waals surface area contributed by atoms with E-state index >= 15 is 0 Å². The quantitative estimate of drug-likeness (QED) is 0.581. The Balaban J connectivity index is 1.50. The second-order valence-corrected chi connectivity index (χ2v) is 6.00. The molecule has 0 aliphatic heterocycles. The van der Waals surface area contributed by atoms with Crippen LogP contribution in [-0.2, 0) is 13.5 Å². The van der Waals surface area contributed by atoms with E-state index in [0.717, 1.165) is 16.9 Å². The Labute approximate surface area is 153 Å². The third-order valence-corrected chi connectivity index (χ3v) is 4.31. The molecule has 4 rings (SSSR count). The van der Waals surface area contributed by atoms with E-state index in [4.69, 9.17) is 0 Å². The Morgan fingerprint density at radius 1 is 1.22 bits per heavy atom. The van der Waals surface area contributed by atoms with Crippen molar-refractivity contribution < 1.29 is 9.18 Å². The van der Waals surface area contributed by atoms with Crippen molar-refractivity contribution >= 4 is 16.9 Å². The number of nitrogens with zero attached hydrogens (tertiary/aromatic N) is 6. The monoisotopic (exact) mass is 365 g/mol. The lowest BCUT2D eigenvalue weighted by molar-refractivity contribution is 0.0953. The highest BCUT2D eigenvalue weighted by Gasteiger charge is 2.15. The van der Waals surface area contributed by atoms with Crippen molar-refractivity contribution in [3.63, 3.8) is 0 Å². The summed E-state index contributed by atoms with van der Waals surface area (Å²) in [5.41, 5.74) is 2.51. The van der Waals surface area contributed by atoms with Gasteiger partial charge in [-0.25, -0.2) is 9.37 Å². The number of amides is 1. The molecule has 0 fully saturated rings. The first-order chi connectivity index (χ1) is 13.1. The first kappa shape index (κ1) is 16.8. The van der Waals surface area contributed by atoms with Crippen molar-refractivity contribution in [3.8, 4) is 5.69 Å². The van der Waals surface area contributed by atoms with Gasteiger partial charge in [0.25, 0.3) is 5.91 Å². The summed E-state index contributed by atoms with van der Waals surface area (Å²) in [5.74, 6) is -0.0532. The van der Waals surface area contributed by atoms with Crippen molar-refractivity contribution in [1.29, 1.82) is 0 Å². The van der Waals surface area contributed by atoms with Gasteiger partial charge >= 0.3 is 0 Å². The highest BCUT2D eigenvalue weighted by Crippen LogP contribution is 2.16. The molecule has 0 radical (unpaired) electrons. The zero-order valence-electron chi connectivity index (χ0n) is 14.5. The van der Waals surface area contributed by atoms with Gasteiger partial charge < -0.3 is 9.88 Å². The fraction of sp³-hybridized carbons (Fsp3) is 0.167. The standard InChI is InChI=1S/C18H16FN7O/c1-25-16-5-3-2-4-14(16)22-17(25)8-9-20-18(27)13-10-12(19)6-7-15(13)26-11-21-23-24-26/h2-7,10-11H,8-9H2,1H3,(H,20,27). The van der Waals surface area contributed by atoms with Crippen molar-refractivity contribution in [1.82, 2.24) is 35.1 Å². The number of nitrogens with one attached hydrogen (secondary N) is 1. The lowest BCUT2D eigenvalue weighted by Crippen LogP contribution is -2.27. The van der Waals surface area contributed by atoms with E-state index in [-0.39, 0.29) is 5.56 Å². The molecule has 1 amide bonds. The maximum Gasteiger partial charge on any atom is 0.253 e. The Kier molecular flexibility index (Phi) is 4.33. The van der Waals surface area contributed by atoms with Gasteiger partial charge in [-0.1, -0.05) is 12.1 Å². The minimum atomic E-state index is -0.507. The van der Waals surface area contributed by atoms with Crippen LogP contribution in [0, 0.1) is 5.82 Å². The number of hydrogen-bond donors (Lipinski definition) is 1. The molecule has 0 unspecified atom stereocenters. The predicted molar refractivity (Wildman–Crippen MR) is 95.9 cm³/mol. The zero-order chi connectivity index (χ0) is 18.8. The predicted octanol–water partition coefficient (Wildman–Crippen LogP) is 1.66. The molecular formula is C18H16FN7O. The summed E-state index contributed by atoms with van der Waals surface area (Å²) >= 11 is 0. The number of rotatable bonds is 5. The minimum absolute atomic E-state index is 0.160. The van der Waals surface area contributed by atoms with Crippen molar-refractivity contribution in [3.05, 3.63) is 66.0 Å². The van der Waals surface area contributed by atoms with Gasteiger partial charge in [0, 0.05) is 20.0 Å². The summed E-state index contributed by atoms with van der Waals surface area (Å²) < 4.78 is 17.0. The highest BCUT2D eigenvalue weighted by molar-refractivity contribution is 5.97. The number of carbonyl (C=O) groups excluding carboxylic acids is 1. The SMILES string of the molecule is Cn1c(CCNC(=O)c2cc(F)ccc2-n2cnnn2)nc2ccccc21. The second-order valence-electron chi connectivity index (χ2n) is 6.00. The fourth-order valence-corrected chi connectivity index (χ4v) is 2.96. The number of tetrazole rings is 1. The van der Waals surface area contributed by atoms with E-state index in [1.54, 1.807) is 0 Å². The number of halogens is 1. The van der Waals surface area contributed by atoms with Crippen LogP contribution in [0.15, 0.2) is 48.8 Å². The van der Waals surface area contributed by atoms with Gasteiger partial charge in [0.05, 0.1) is 22.3 Å². The molecule has 8 nitrogen and oxygen atoms in total. The van der Waals surface area contributed by atoms with Gasteiger partial charge in [0.15, 0.2) is 0 Å². The fourth-order valence-electron chi connectivity index (χ4n) is 2.96. The van der Waals surface area contributed by atoms with Crippen LogP contribution in [0.5, 0.6) is 0 Å². The molecule has 136 valence electrons. The average molecular weight is 365 g/mol. The molecule has 0 aliphatic carbocycles. The number of imidazole rings is 1. The number of hydrogen-bond acceptors (Lipinski definition) is 5. The molecule has 0 spiro atoms. The number of carbonyl (C=O) groups is 1. The van der Waals surface area contributed by atoms with E-state index < -0.39 is 11.7 Å². The summed E-state index contributed by atoms with van der Waals surface area (Å²) in [5, 5.41) is 13.7. The van der Waals surface area contributed by atoms with E-state index in [1.807, 2.05) is 35.9 Å². The lowest BCUT2D eigenvalue weighted by atomic mass is 10.1. The molecule has 4 aromatic rings. The molecule has 2 aromatic carbocycles. The normalized spacial score (nSPS) is 11.0. The van der Waals surface area contributed by atoms with Crippen molar-refractivity contribution in [2.45, 2.75) is 6.42 Å². The number of benzene rings is 2. The van der Waals surface area contributed by atoms with Crippen LogP contribution in [0.2, 0.25) is 0 Å². The number of aryl methyl sites for hydroxylation is 1. The molecule has 2 heterocycles. The molecule has 2 aromatic heterocycles. The van der Waals surface area contributed by atoms with Gasteiger partial charge in [-0.3, -0.25) is 4.79 Å². The summed E-state index contributed by atoms with van der Waals surface area (Å²) in [6, 6.07) is 11.7. The summed E-state index contributed by atoms with van der Waals surface area (Å²) in [6.45, 7) is 0.363. The second kappa shape index (κ2) is 6.94. The molecule has 0 bridgehead atoms. The van der Waals surface area contributed by atoms with Gasteiger partial charge in [0.2, 0.25) is 0 Å². The van der Waals surface area contributed by atoms with Gasteiger partial charge in [0.1, 0.15) is 18.0 Å². The maximum atomic E-state index is 13.7. The topological polar surface area (TPSA) is 90.5 Å². The third-order valence-electron chi connectivity index (χ3n) is 4.31. The molecule has 0 saturated carbocycles. The smallest absolute Gasteiger partial charge is 0.253 e. The van der Waals surface area contributed by atoms with Crippen LogP contribution in [0.25, 0.3) is 16.7 Å². The first-order valence-corrected chi connectivity index (χ1v) is 8.35. The van der Waals surface area contributed by atoms with Crippen LogP contribution in [-0.4, -0.2) is 42.2 Å². The van der Waals surface area contributed by atoms with E-state index in [0.29, 0.717) is 18.7 Å². The molecule has 1 N–H and O–H groups in total. The molecule has 27 heavy (non-hydrogen) atoms. The van der Waals surface area contributed by atoms with Crippen LogP contribution >= 0.6 is 0 Å². The van der Waals surface area contributed by atoms with Gasteiger partial charge in [-0.15, -0.1) is 5.10 Å². The van der Waals surface area contributed by atoms with Gasteiger partial charge in [-0.05, 0) is 40.8 Å². The maximum absolute atomic E-state index is 13.7. The van der Waals surface area contributed by atoms with E-state index in [1.165, 1.54) is 29.2 Å². The largest absolute Gasteiger partial charge is 0.352 e. The van der Waals surface area contributed by atoms with Crippen LogP contribution in [0.4, 0.5) is 4.39 Å². The minimum Gasteiger partial charge on any atom is -0.352 e. The van der Waals surface area contributed by atoms with E-state index in [9.17, 15) is 9.18 Å². The number of para-hydroxylation sites is 2. The Morgan fingerprint density at radius 3 is 2.85 bits per heavy atom. The summed E-state index contributed by atoms with van der Waals surface area (Å²) in [4.78, 5) is 17.1. The molecule has 0 atom stereocenters. The van der Waals surface area contributed by atoms with Crippen LogP contribution < -0.4 is 5.32 Å². The molecule has 0 saturated heterocycles. The van der Waals surface area contributed by atoms with Crippen LogP contribution in [0.1, 0.15) is 16.2 Å². The van der Waals surface area contributed by atoms with E-state index in [2.05, 4.69) is 25.8 Å². The Morgan fingerprint density at radius 2 is 2.07 bits per heavy atom. The van der Waals surface area contributed by atoms with Gasteiger partial charge in [-0.2, -0.15) is 4.68 Å². The number of aromatic nitrogens is 6. The third kappa shape index (κ3) is 3.26. The average Bonchev–Trinajstić information content (AvgIpc) is 3.31. The Hall–Kier alpha value is -3.62. The number of fused-ring (bicyclic) bond motifs is 1. The molecule has 0 aliphatic rings. The molecule has 9 heteroatoms. The van der Waals surface area contributed by atoms with Crippen molar-refractivity contribution in [2.24, 2.45) is 7.05 Å². The first-order valence-electron chi connectivity index (χ1n) is 8.35. The summed E-state index contributed by atoms with van der Waals surface area (Å²) in [6.07, 6.45) is 1.90. The zero-order valence-corrected chi connectivity index (χ0v) is 14.5. The Bertz CT molecular complexity index is 1100.